The number of benzene rings is 2. The predicted molar refractivity (Wildman–Crippen MR) is 112 cm³/mol. The van der Waals surface area contributed by atoms with Crippen molar-refractivity contribution >= 4 is 5.91 Å². The predicted octanol–water partition coefficient (Wildman–Crippen LogP) is 4.07. The van der Waals surface area contributed by atoms with Crippen LogP contribution < -0.4 is 9.47 Å². The van der Waals surface area contributed by atoms with Crippen LogP contribution in [0.15, 0.2) is 67.0 Å². The van der Waals surface area contributed by atoms with E-state index in [9.17, 15) is 4.79 Å². The summed E-state index contributed by atoms with van der Waals surface area (Å²) in [5.41, 5.74) is 3.48. The number of aromatic nitrogens is 1. The van der Waals surface area contributed by atoms with E-state index in [2.05, 4.69) is 16.7 Å². The lowest BCUT2D eigenvalue weighted by Crippen LogP contribution is -2.37. The van der Waals surface area contributed by atoms with Gasteiger partial charge in [0.05, 0.1) is 26.7 Å². The number of methoxy groups -OCH3 is 2. The highest BCUT2D eigenvalue weighted by atomic mass is 16.5. The molecule has 29 heavy (non-hydrogen) atoms. The quantitative estimate of drug-likeness (QED) is 0.637. The molecule has 0 unspecified atom stereocenters. The first-order valence-electron chi connectivity index (χ1n) is 9.88. The number of ether oxygens (including phenoxy) is 2. The Kier molecular flexibility index (Phi) is 5.56. The number of hydrogen-bond donors (Lipinski definition) is 0. The van der Waals surface area contributed by atoms with E-state index in [1.807, 2.05) is 59.8 Å². The molecule has 1 amide bonds. The maximum absolute atomic E-state index is 13.2. The van der Waals surface area contributed by atoms with E-state index in [4.69, 9.17) is 9.47 Å². The second-order valence-corrected chi connectivity index (χ2v) is 7.30. The molecule has 1 aliphatic rings. The summed E-state index contributed by atoms with van der Waals surface area (Å²) in [4.78, 5) is 15.2. The fraction of sp³-hybridized carbons (Fsp3) is 0.292. The van der Waals surface area contributed by atoms with Gasteiger partial charge in [-0.1, -0.05) is 30.3 Å². The Labute approximate surface area is 171 Å². The monoisotopic (exact) mass is 390 g/mol. The first-order valence-corrected chi connectivity index (χ1v) is 9.88. The Bertz CT molecular complexity index is 967. The lowest BCUT2D eigenvalue weighted by atomic mass is 9.97. The molecule has 1 aromatic heterocycles. The van der Waals surface area contributed by atoms with Crippen LogP contribution in [0.25, 0.3) is 0 Å². The van der Waals surface area contributed by atoms with Crippen molar-refractivity contribution in [2.75, 3.05) is 20.8 Å². The van der Waals surface area contributed by atoms with Gasteiger partial charge in [-0.2, -0.15) is 0 Å². The molecule has 2 aromatic carbocycles. The molecular formula is C24H26N2O3. The van der Waals surface area contributed by atoms with E-state index in [1.54, 1.807) is 14.2 Å². The van der Waals surface area contributed by atoms with Crippen LogP contribution in [-0.2, 0) is 17.8 Å². The Morgan fingerprint density at radius 3 is 2.28 bits per heavy atom. The number of carbonyl (C=O) groups excluding carboxylic acids is 1. The zero-order valence-corrected chi connectivity index (χ0v) is 16.9. The highest BCUT2D eigenvalue weighted by Crippen LogP contribution is 2.34. The summed E-state index contributed by atoms with van der Waals surface area (Å²) in [5, 5.41) is 0. The summed E-state index contributed by atoms with van der Waals surface area (Å²) in [6, 6.07) is 18.2. The van der Waals surface area contributed by atoms with E-state index >= 15 is 0 Å². The summed E-state index contributed by atoms with van der Waals surface area (Å²) >= 11 is 0. The first kappa shape index (κ1) is 19.1. The zero-order valence-electron chi connectivity index (χ0n) is 16.9. The number of amides is 1. The van der Waals surface area contributed by atoms with Crippen LogP contribution in [0.2, 0.25) is 0 Å². The van der Waals surface area contributed by atoms with Crippen LogP contribution in [0.4, 0.5) is 0 Å². The number of hydrogen-bond acceptors (Lipinski definition) is 3. The first-order chi connectivity index (χ1) is 14.2. The van der Waals surface area contributed by atoms with E-state index in [1.165, 1.54) is 5.56 Å². The Hall–Kier alpha value is -3.21. The van der Waals surface area contributed by atoms with Crippen molar-refractivity contribution < 1.29 is 14.3 Å². The van der Waals surface area contributed by atoms with E-state index in [0.29, 0.717) is 25.3 Å². The molecule has 150 valence electrons. The number of fused-ring (bicyclic) bond motifs is 1. The third-order valence-corrected chi connectivity index (χ3v) is 5.61. The molecule has 0 saturated heterocycles. The minimum atomic E-state index is -0.00880. The fourth-order valence-electron chi connectivity index (χ4n) is 4.02. The highest BCUT2D eigenvalue weighted by molar-refractivity contribution is 5.77. The summed E-state index contributed by atoms with van der Waals surface area (Å²) in [5.74, 6) is 1.60. The highest BCUT2D eigenvalue weighted by Gasteiger charge is 2.26. The second kappa shape index (κ2) is 8.43. The molecule has 4 rings (SSSR count). The summed E-state index contributed by atoms with van der Waals surface area (Å²) < 4.78 is 13.0. The molecule has 1 aliphatic heterocycles. The molecule has 0 bridgehead atoms. The van der Waals surface area contributed by atoms with Crippen LogP contribution in [-0.4, -0.2) is 36.1 Å². The third-order valence-electron chi connectivity index (χ3n) is 5.61. The van der Waals surface area contributed by atoms with Gasteiger partial charge >= 0.3 is 0 Å². The van der Waals surface area contributed by atoms with Gasteiger partial charge in [0, 0.05) is 25.5 Å². The van der Waals surface area contributed by atoms with Crippen LogP contribution >= 0.6 is 0 Å². The minimum absolute atomic E-state index is 0.00880. The van der Waals surface area contributed by atoms with Gasteiger partial charge < -0.3 is 18.9 Å². The minimum Gasteiger partial charge on any atom is -0.493 e. The van der Waals surface area contributed by atoms with Crippen molar-refractivity contribution in [1.29, 1.82) is 0 Å². The largest absolute Gasteiger partial charge is 0.493 e. The Morgan fingerprint density at radius 2 is 1.62 bits per heavy atom. The van der Waals surface area contributed by atoms with E-state index in [-0.39, 0.29) is 11.9 Å². The average molecular weight is 390 g/mol. The summed E-state index contributed by atoms with van der Waals surface area (Å²) in [7, 11) is 3.28. The molecule has 0 spiro atoms. The second-order valence-electron chi connectivity index (χ2n) is 7.30. The number of rotatable bonds is 6. The average Bonchev–Trinajstić information content (AvgIpc) is 3.31. The topological polar surface area (TPSA) is 43.7 Å². The fourth-order valence-corrected chi connectivity index (χ4v) is 4.02. The third kappa shape index (κ3) is 3.99. The summed E-state index contributed by atoms with van der Waals surface area (Å²) in [6.45, 7) is 1.32. The van der Waals surface area contributed by atoms with Crippen molar-refractivity contribution in [2.45, 2.75) is 25.4 Å². The van der Waals surface area contributed by atoms with Crippen molar-refractivity contribution in [3.05, 3.63) is 83.7 Å². The van der Waals surface area contributed by atoms with Crippen molar-refractivity contribution in [3.63, 3.8) is 0 Å². The normalized spacial score (nSPS) is 14.2. The number of carbonyl (C=O) groups is 1. The van der Waals surface area contributed by atoms with Gasteiger partial charge in [-0.15, -0.1) is 0 Å². The molecule has 0 radical (unpaired) electrons. The molecule has 0 fully saturated rings. The Balaban J connectivity index is 1.54. The standard InChI is InChI=1S/C24H26N2O3/c1-28-22-14-19-10-13-26(17-20(19)15-23(22)29-2)24(27)16-21(25-11-6-7-12-25)18-8-4-3-5-9-18/h3-9,11-12,14-15,21H,10,13,16-17H2,1-2H3/t21-/m1/s1. The molecule has 2 heterocycles. The smallest absolute Gasteiger partial charge is 0.225 e. The van der Waals surface area contributed by atoms with Gasteiger partial charge in [-0.3, -0.25) is 4.79 Å². The van der Waals surface area contributed by atoms with Crippen LogP contribution in [0.5, 0.6) is 11.5 Å². The lowest BCUT2D eigenvalue weighted by Gasteiger charge is -2.31. The van der Waals surface area contributed by atoms with Gasteiger partial charge in [-0.05, 0) is 47.4 Å². The van der Waals surface area contributed by atoms with Gasteiger partial charge in [0.1, 0.15) is 0 Å². The number of nitrogens with zero attached hydrogens (tertiary/aromatic N) is 2. The molecule has 0 N–H and O–H groups in total. The van der Waals surface area contributed by atoms with E-state index in [0.717, 1.165) is 23.3 Å². The molecular weight excluding hydrogens is 364 g/mol. The van der Waals surface area contributed by atoms with Crippen LogP contribution in [0, 0.1) is 0 Å². The molecule has 0 aliphatic carbocycles. The Morgan fingerprint density at radius 1 is 0.966 bits per heavy atom. The maximum Gasteiger partial charge on any atom is 0.225 e. The SMILES string of the molecule is COc1cc2c(cc1OC)CN(C(=O)C[C@H](c1ccccc1)n1cccc1)CC2. The van der Waals surface area contributed by atoms with Gasteiger partial charge in [0.15, 0.2) is 11.5 Å². The molecule has 5 heteroatoms. The van der Waals surface area contributed by atoms with Gasteiger partial charge in [-0.25, -0.2) is 0 Å². The molecule has 5 nitrogen and oxygen atoms in total. The molecule has 3 aromatic rings. The van der Waals surface area contributed by atoms with E-state index < -0.39 is 0 Å². The lowest BCUT2D eigenvalue weighted by molar-refractivity contribution is -0.132. The van der Waals surface area contributed by atoms with Crippen molar-refractivity contribution in [3.8, 4) is 11.5 Å². The summed E-state index contributed by atoms with van der Waals surface area (Å²) in [6.07, 6.45) is 5.30. The van der Waals surface area contributed by atoms with Crippen molar-refractivity contribution in [2.24, 2.45) is 0 Å². The molecule has 1 atom stereocenters. The van der Waals surface area contributed by atoms with Gasteiger partial charge in [0.2, 0.25) is 5.91 Å². The molecule has 0 saturated carbocycles. The van der Waals surface area contributed by atoms with Crippen molar-refractivity contribution in [1.82, 2.24) is 9.47 Å². The zero-order chi connectivity index (χ0) is 20.2. The van der Waals surface area contributed by atoms with Crippen LogP contribution in [0.1, 0.15) is 29.2 Å². The maximum atomic E-state index is 13.2. The van der Waals surface area contributed by atoms with Crippen LogP contribution in [0.3, 0.4) is 0 Å². The van der Waals surface area contributed by atoms with Gasteiger partial charge in [0.25, 0.3) is 0 Å².